The Hall–Kier alpha value is -1.63. The summed E-state index contributed by atoms with van der Waals surface area (Å²) in [5.74, 6) is 0.539. The minimum absolute atomic E-state index is 0.00758. The molecule has 110 valence electrons. The van der Waals surface area contributed by atoms with Gasteiger partial charge in [0.1, 0.15) is 5.75 Å². The molecule has 2 rings (SSSR count). The van der Waals surface area contributed by atoms with Gasteiger partial charge in [0.25, 0.3) is 0 Å². The Balaban J connectivity index is 2.29. The van der Waals surface area contributed by atoms with Gasteiger partial charge in [-0.2, -0.15) is 0 Å². The molecule has 0 aliphatic carbocycles. The summed E-state index contributed by atoms with van der Waals surface area (Å²) in [4.78, 5) is 11.3. The molecule has 1 aromatic rings. The fourth-order valence-electron chi connectivity index (χ4n) is 2.32. The third-order valence-electron chi connectivity index (χ3n) is 3.40. The Morgan fingerprint density at radius 1 is 1.45 bits per heavy atom. The summed E-state index contributed by atoms with van der Waals surface area (Å²) in [5.41, 5.74) is 14.1. The second kappa shape index (κ2) is 6.21. The number of rotatable bonds is 4. The van der Waals surface area contributed by atoms with Crippen molar-refractivity contribution in [3.05, 3.63) is 23.8 Å². The van der Waals surface area contributed by atoms with Crippen LogP contribution in [0.1, 0.15) is 32.4 Å². The molecule has 1 aromatic carbocycles. The van der Waals surface area contributed by atoms with Gasteiger partial charge in [-0.1, -0.05) is 6.07 Å². The van der Waals surface area contributed by atoms with Gasteiger partial charge in [-0.3, -0.25) is 10.2 Å². The molecule has 3 unspecified atom stereocenters. The van der Waals surface area contributed by atoms with Crippen molar-refractivity contribution in [1.82, 2.24) is 10.9 Å². The number of nitrogens with one attached hydrogen (secondary N) is 3. The van der Waals surface area contributed by atoms with Crippen LogP contribution >= 0.6 is 0 Å². The number of carbonyl (C=O) groups is 1. The smallest absolute Gasteiger partial charge is 0.221 e. The third-order valence-corrected chi connectivity index (χ3v) is 3.40. The molecule has 1 fully saturated rings. The van der Waals surface area contributed by atoms with E-state index in [1.165, 1.54) is 6.92 Å². The predicted molar refractivity (Wildman–Crippen MR) is 78.4 cm³/mol. The minimum atomic E-state index is -0.127. The maximum atomic E-state index is 11.3. The molecule has 1 amide bonds. The monoisotopic (exact) mass is 278 g/mol. The molecule has 20 heavy (non-hydrogen) atoms. The van der Waals surface area contributed by atoms with Crippen molar-refractivity contribution < 1.29 is 9.53 Å². The molecule has 1 saturated heterocycles. The van der Waals surface area contributed by atoms with E-state index in [4.69, 9.17) is 10.5 Å². The first-order valence-electron chi connectivity index (χ1n) is 6.84. The van der Waals surface area contributed by atoms with Gasteiger partial charge in [0.15, 0.2) is 0 Å². The van der Waals surface area contributed by atoms with Crippen molar-refractivity contribution in [3.63, 3.8) is 0 Å². The van der Waals surface area contributed by atoms with E-state index in [9.17, 15) is 4.79 Å². The zero-order valence-corrected chi connectivity index (χ0v) is 12.1. The highest BCUT2D eigenvalue weighted by Gasteiger charge is 2.31. The lowest BCUT2D eigenvalue weighted by Gasteiger charge is -2.19. The van der Waals surface area contributed by atoms with Crippen molar-refractivity contribution in [2.45, 2.75) is 38.9 Å². The summed E-state index contributed by atoms with van der Waals surface area (Å²) in [6.45, 7) is 5.96. The molecule has 0 aromatic heterocycles. The van der Waals surface area contributed by atoms with E-state index in [1.54, 1.807) is 0 Å². The van der Waals surface area contributed by atoms with E-state index in [1.807, 2.05) is 32.0 Å². The molecule has 3 atom stereocenters. The third kappa shape index (κ3) is 3.09. The topological polar surface area (TPSA) is 88.4 Å². The quantitative estimate of drug-likeness (QED) is 0.657. The summed E-state index contributed by atoms with van der Waals surface area (Å²) in [5, 5.41) is 2.80. The van der Waals surface area contributed by atoms with E-state index in [0.717, 1.165) is 5.56 Å². The first-order valence-corrected chi connectivity index (χ1v) is 6.84. The molecular formula is C14H22N4O2. The van der Waals surface area contributed by atoms with Crippen LogP contribution in [0, 0.1) is 0 Å². The molecule has 0 bridgehead atoms. The number of carbonyl (C=O) groups excluding carboxylic acids is 1. The van der Waals surface area contributed by atoms with Crippen molar-refractivity contribution in [2.24, 2.45) is 5.73 Å². The van der Waals surface area contributed by atoms with Crippen molar-refractivity contribution >= 4 is 11.6 Å². The molecule has 6 heteroatoms. The summed E-state index contributed by atoms with van der Waals surface area (Å²) in [7, 11) is 0. The average Bonchev–Trinajstić information content (AvgIpc) is 2.72. The van der Waals surface area contributed by atoms with Gasteiger partial charge < -0.3 is 15.8 Å². The van der Waals surface area contributed by atoms with Crippen LogP contribution in [0.3, 0.4) is 0 Å². The Kier molecular flexibility index (Phi) is 4.59. The largest absolute Gasteiger partial charge is 0.492 e. The van der Waals surface area contributed by atoms with Crippen LogP contribution in [0.4, 0.5) is 5.69 Å². The number of nitrogens with two attached hydrogens (primary N) is 1. The van der Waals surface area contributed by atoms with E-state index >= 15 is 0 Å². The molecule has 5 N–H and O–H groups in total. The SMILES string of the molecule is CCOc1ccc(C2NNC(C)C2N)cc1NC(C)=O. The van der Waals surface area contributed by atoms with Crippen LogP contribution < -0.4 is 26.6 Å². The number of amides is 1. The van der Waals surface area contributed by atoms with Gasteiger partial charge in [0.05, 0.1) is 18.3 Å². The summed E-state index contributed by atoms with van der Waals surface area (Å²) < 4.78 is 5.52. The second-order valence-corrected chi connectivity index (χ2v) is 5.00. The zero-order valence-electron chi connectivity index (χ0n) is 12.1. The Morgan fingerprint density at radius 3 is 2.75 bits per heavy atom. The second-order valence-electron chi connectivity index (χ2n) is 5.00. The highest BCUT2D eigenvalue weighted by Crippen LogP contribution is 2.30. The lowest BCUT2D eigenvalue weighted by molar-refractivity contribution is -0.114. The highest BCUT2D eigenvalue weighted by molar-refractivity contribution is 5.90. The number of hydrazine groups is 1. The molecule has 6 nitrogen and oxygen atoms in total. The maximum absolute atomic E-state index is 11.3. The fraction of sp³-hybridized carbons (Fsp3) is 0.500. The number of hydrogen-bond acceptors (Lipinski definition) is 5. The van der Waals surface area contributed by atoms with E-state index in [0.29, 0.717) is 18.0 Å². The van der Waals surface area contributed by atoms with Gasteiger partial charge in [0, 0.05) is 19.0 Å². The lowest BCUT2D eigenvalue weighted by Crippen LogP contribution is -2.35. The number of ether oxygens (including phenoxy) is 1. The van der Waals surface area contributed by atoms with E-state index < -0.39 is 0 Å². The fourth-order valence-corrected chi connectivity index (χ4v) is 2.32. The van der Waals surface area contributed by atoms with E-state index in [2.05, 4.69) is 16.2 Å². The Bertz CT molecular complexity index is 492. The van der Waals surface area contributed by atoms with Crippen LogP contribution in [-0.4, -0.2) is 24.6 Å². The standard InChI is InChI=1S/C14H22N4O2/c1-4-20-12-6-5-10(7-11(12)16-9(3)19)14-13(15)8(2)17-18-14/h5-8,13-14,17-18H,4,15H2,1-3H3,(H,16,19). The summed E-state index contributed by atoms with van der Waals surface area (Å²) in [6, 6.07) is 5.90. The molecule has 0 saturated carbocycles. The molecule has 1 aliphatic rings. The maximum Gasteiger partial charge on any atom is 0.221 e. The zero-order chi connectivity index (χ0) is 14.7. The van der Waals surface area contributed by atoms with Crippen LogP contribution in [0.25, 0.3) is 0 Å². The normalized spacial score (nSPS) is 25.5. The first kappa shape index (κ1) is 14.8. The van der Waals surface area contributed by atoms with Crippen LogP contribution in [0.2, 0.25) is 0 Å². The van der Waals surface area contributed by atoms with Crippen LogP contribution in [0.15, 0.2) is 18.2 Å². The average molecular weight is 278 g/mol. The Labute approximate surface area is 119 Å². The van der Waals surface area contributed by atoms with Gasteiger partial charge >= 0.3 is 0 Å². The molecule has 1 aliphatic heterocycles. The van der Waals surface area contributed by atoms with Crippen molar-refractivity contribution in [3.8, 4) is 5.75 Å². The number of hydrogen-bond donors (Lipinski definition) is 4. The minimum Gasteiger partial charge on any atom is -0.492 e. The van der Waals surface area contributed by atoms with Crippen molar-refractivity contribution in [2.75, 3.05) is 11.9 Å². The summed E-state index contributed by atoms with van der Waals surface area (Å²) >= 11 is 0. The van der Waals surface area contributed by atoms with E-state index in [-0.39, 0.29) is 24.0 Å². The molecule has 1 heterocycles. The van der Waals surface area contributed by atoms with Gasteiger partial charge in [-0.25, -0.2) is 5.43 Å². The summed E-state index contributed by atoms with van der Waals surface area (Å²) in [6.07, 6.45) is 0. The molecular weight excluding hydrogens is 256 g/mol. The number of benzene rings is 1. The predicted octanol–water partition coefficient (Wildman–Crippen LogP) is 0.908. The van der Waals surface area contributed by atoms with Gasteiger partial charge in [-0.05, 0) is 31.5 Å². The van der Waals surface area contributed by atoms with Crippen LogP contribution in [0.5, 0.6) is 5.75 Å². The van der Waals surface area contributed by atoms with Gasteiger partial charge in [-0.15, -0.1) is 0 Å². The van der Waals surface area contributed by atoms with Crippen LogP contribution in [-0.2, 0) is 4.79 Å². The van der Waals surface area contributed by atoms with Gasteiger partial charge in [0.2, 0.25) is 5.91 Å². The highest BCUT2D eigenvalue weighted by atomic mass is 16.5. The Morgan fingerprint density at radius 2 is 2.20 bits per heavy atom. The molecule has 0 radical (unpaired) electrons. The van der Waals surface area contributed by atoms with Crippen molar-refractivity contribution in [1.29, 1.82) is 0 Å². The number of anilines is 1. The first-order chi connectivity index (χ1) is 9.52. The molecule has 0 spiro atoms. The lowest BCUT2D eigenvalue weighted by atomic mass is 9.97.